The summed E-state index contributed by atoms with van der Waals surface area (Å²) in [7, 11) is 0. The Kier molecular flexibility index (Phi) is 3.31. The van der Waals surface area contributed by atoms with Crippen LogP contribution in [0.1, 0.15) is 12.8 Å². The van der Waals surface area contributed by atoms with Crippen LogP contribution in [0.15, 0.2) is 0 Å². The van der Waals surface area contributed by atoms with Crippen molar-refractivity contribution < 1.29 is 9.53 Å². The predicted molar refractivity (Wildman–Crippen MR) is 63.8 cm³/mol. The van der Waals surface area contributed by atoms with Gasteiger partial charge in [0.1, 0.15) is 6.04 Å². The molecule has 0 bridgehead atoms. The third-order valence-electron chi connectivity index (χ3n) is 4.06. The fraction of sp³-hybridized carbons (Fsp3) is 0.917. The minimum Gasteiger partial charge on any atom is -0.376 e. The summed E-state index contributed by atoms with van der Waals surface area (Å²) >= 11 is 0. The molecule has 3 aliphatic heterocycles. The second-order valence-electron chi connectivity index (χ2n) is 5.18. The number of fused-ring (bicyclic) bond motifs is 1. The molecule has 0 aliphatic carbocycles. The van der Waals surface area contributed by atoms with E-state index < -0.39 is 0 Å². The summed E-state index contributed by atoms with van der Waals surface area (Å²) in [5.41, 5.74) is 0. The number of amides is 1. The number of nitrogens with one attached hydrogen (secondary N) is 1. The third-order valence-corrected chi connectivity index (χ3v) is 4.06. The molecule has 96 valence electrons. The smallest absolute Gasteiger partial charge is 0.241 e. The summed E-state index contributed by atoms with van der Waals surface area (Å²) in [5.74, 6) is 0.291. The molecular formula is C12H21N3O2. The van der Waals surface area contributed by atoms with Crippen molar-refractivity contribution in [1.82, 2.24) is 15.1 Å². The first kappa shape index (κ1) is 11.4. The highest BCUT2D eigenvalue weighted by atomic mass is 16.5. The van der Waals surface area contributed by atoms with Crippen LogP contribution in [-0.4, -0.2) is 73.7 Å². The van der Waals surface area contributed by atoms with E-state index in [1.807, 2.05) is 4.90 Å². The summed E-state index contributed by atoms with van der Waals surface area (Å²) < 4.78 is 5.62. The highest BCUT2D eigenvalue weighted by molar-refractivity contribution is 5.83. The first-order chi connectivity index (χ1) is 8.34. The average Bonchev–Trinajstić information content (AvgIpc) is 2.86. The van der Waals surface area contributed by atoms with Gasteiger partial charge in [0.15, 0.2) is 0 Å². The lowest BCUT2D eigenvalue weighted by atomic mass is 10.1. The van der Waals surface area contributed by atoms with Gasteiger partial charge >= 0.3 is 0 Å². The lowest BCUT2D eigenvalue weighted by Gasteiger charge is -2.43. The van der Waals surface area contributed by atoms with Gasteiger partial charge in [0.2, 0.25) is 5.91 Å². The van der Waals surface area contributed by atoms with E-state index in [0.717, 1.165) is 58.7 Å². The molecule has 0 radical (unpaired) electrons. The van der Waals surface area contributed by atoms with Crippen molar-refractivity contribution in [3.8, 4) is 0 Å². The molecule has 5 heteroatoms. The number of carbonyl (C=O) groups excluding carboxylic acids is 1. The Morgan fingerprint density at radius 1 is 1.35 bits per heavy atom. The number of ether oxygens (including phenoxy) is 1. The molecule has 3 fully saturated rings. The zero-order chi connectivity index (χ0) is 11.7. The van der Waals surface area contributed by atoms with Crippen LogP contribution in [0, 0.1) is 0 Å². The summed E-state index contributed by atoms with van der Waals surface area (Å²) in [6.07, 6.45) is 2.53. The van der Waals surface area contributed by atoms with Gasteiger partial charge in [-0.05, 0) is 12.8 Å². The van der Waals surface area contributed by atoms with Crippen molar-refractivity contribution in [3.63, 3.8) is 0 Å². The van der Waals surface area contributed by atoms with Gasteiger partial charge < -0.3 is 15.0 Å². The topological polar surface area (TPSA) is 44.8 Å². The minimum atomic E-state index is 0.0684. The van der Waals surface area contributed by atoms with Crippen LogP contribution >= 0.6 is 0 Å². The number of piperazine rings is 2. The molecule has 1 amide bonds. The van der Waals surface area contributed by atoms with Crippen LogP contribution in [0.2, 0.25) is 0 Å². The fourth-order valence-corrected chi connectivity index (χ4v) is 3.04. The fourth-order valence-electron chi connectivity index (χ4n) is 3.04. The van der Waals surface area contributed by atoms with Gasteiger partial charge in [-0.3, -0.25) is 9.69 Å². The van der Waals surface area contributed by atoms with Crippen LogP contribution < -0.4 is 5.32 Å². The molecule has 0 aromatic carbocycles. The summed E-state index contributed by atoms with van der Waals surface area (Å²) in [5, 5.41) is 3.31. The number of carbonyl (C=O) groups is 1. The van der Waals surface area contributed by atoms with Crippen molar-refractivity contribution in [3.05, 3.63) is 0 Å². The van der Waals surface area contributed by atoms with Gasteiger partial charge in [-0.25, -0.2) is 0 Å². The molecule has 3 rings (SSSR count). The zero-order valence-electron chi connectivity index (χ0n) is 10.2. The van der Waals surface area contributed by atoms with Gasteiger partial charge in [-0.15, -0.1) is 0 Å². The minimum absolute atomic E-state index is 0.0684. The highest BCUT2D eigenvalue weighted by Gasteiger charge is 2.37. The highest BCUT2D eigenvalue weighted by Crippen LogP contribution is 2.18. The number of hydrogen-bond acceptors (Lipinski definition) is 4. The molecule has 17 heavy (non-hydrogen) atoms. The monoisotopic (exact) mass is 239 g/mol. The van der Waals surface area contributed by atoms with Gasteiger partial charge in [-0.1, -0.05) is 0 Å². The van der Waals surface area contributed by atoms with E-state index in [4.69, 9.17) is 4.74 Å². The molecular weight excluding hydrogens is 218 g/mol. The third kappa shape index (κ3) is 2.32. The van der Waals surface area contributed by atoms with E-state index in [2.05, 4.69) is 10.2 Å². The van der Waals surface area contributed by atoms with E-state index >= 15 is 0 Å². The van der Waals surface area contributed by atoms with Crippen molar-refractivity contribution in [2.24, 2.45) is 0 Å². The molecule has 5 nitrogen and oxygen atoms in total. The van der Waals surface area contributed by atoms with E-state index in [1.165, 1.54) is 0 Å². The largest absolute Gasteiger partial charge is 0.376 e. The molecule has 0 aromatic rings. The van der Waals surface area contributed by atoms with Crippen molar-refractivity contribution >= 4 is 5.91 Å². The molecule has 1 N–H and O–H groups in total. The maximum Gasteiger partial charge on any atom is 0.241 e. The summed E-state index contributed by atoms with van der Waals surface area (Å²) in [4.78, 5) is 16.7. The van der Waals surface area contributed by atoms with Crippen LogP contribution in [0.5, 0.6) is 0 Å². The first-order valence-corrected chi connectivity index (χ1v) is 6.70. The van der Waals surface area contributed by atoms with Crippen LogP contribution in [-0.2, 0) is 9.53 Å². The standard InChI is InChI=1S/C12H21N3O2/c16-12-11-8-13-3-4-14(11)5-6-15(12)9-10-2-1-7-17-10/h10-11,13H,1-9H2. The van der Waals surface area contributed by atoms with Crippen molar-refractivity contribution in [2.75, 3.05) is 45.9 Å². The van der Waals surface area contributed by atoms with Crippen LogP contribution in [0.25, 0.3) is 0 Å². The molecule has 3 heterocycles. The Labute approximate surface area is 102 Å². The lowest BCUT2D eigenvalue weighted by molar-refractivity contribution is -0.144. The summed E-state index contributed by atoms with van der Waals surface area (Å²) in [6, 6.07) is 0.0684. The lowest BCUT2D eigenvalue weighted by Crippen LogP contribution is -2.64. The molecule has 2 unspecified atom stereocenters. The zero-order valence-corrected chi connectivity index (χ0v) is 10.2. The average molecular weight is 239 g/mol. The van der Waals surface area contributed by atoms with E-state index in [-0.39, 0.29) is 12.1 Å². The number of rotatable bonds is 2. The Bertz CT molecular complexity index is 291. The quantitative estimate of drug-likeness (QED) is 0.691. The predicted octanol–water partition coefficient (Wildman–Crippen LogP) is -0.719. The Morgan fingerprint density at radius 2 is 2.29 bits per heavy atom. The van der Waals surface area contributed by atoms with Gasteiger partial charge in [0.05, 0.1) is 6.10 Å². The maximum atomic E-state index is 12.3. The Hall–Kier alpha value is -0.650. The molecule has 3 saturated heterocycles. The van der Waals surface area contributed by atoms with Gasteiger partial charge in [-0.2, -0.15) is 0 Å². The second-order valence-corrected chi connectivity index (χ2v) is 5.18. The number of hydrogen-bond donors (Lipinski definition) is 1. The van der Waals surface area contributed by atoms with E-state index in [9.17, 15) is 4.79 Å². The normalized spacial score (nSPS) is 35.1. The molecule has 3 aliphatic rings. The van der Waals surface area contributed by atoms with Crippen molar-refractivity contribution in [2.45, 2.75) is 25.0 Å². The van der Waals surface area contributed by atoms with E-state index in [1.54, 1.807) is 0 Å². The summed E-state index contributed by atoms with van der Waals surface area (Å²) in [6.45, 7) is 6.37. The van der Waals surface area contributed by atoms with Crippen molar-refractivity contribution in [1.29, 1.82) is 0 Å². The Balaban J connectivity index is 1.60. The van der Waals surface area contributed by atoms with Gasteiger partial charge in [0.25, 0.3) is 0 Å². The molecule has 0 saturated carbocycles. The first-order valence-electron chi connectivity index (χ1n) is 6.70. The SMILES string of the molecule is O=C1C2CNCCN2CCN1CC1CCCO1. The van der Waals surface area contributed by atoms with Crippen LogP contribution in [0.3, 0.4) is 0 Å². The molecule has 2 atom stereocenters. The molecule has 0 aromatic heterocycles. The van der Waals surface area contributed by atoms with E-state index in [0.29, 0.717) is 5.91 Å². The second kappa shape index (κ2) is 4.92. The maximum absolute atomic E-state index is 12.3. The van der Waals surface area contributed by atoms with Gasteiger partial charge in [0, 0.05) is 45.9 Å². The number of nitrogens with zero attached hydrogens (tertiary/aromatic N) is 2. The molecule has 0 spiro atoms. The van der Waals surface area contributed by atoms with Crippen LogP contribution in [0.4, 0.5) is 0 Å². The Morgan fingerprint density at radius 3 is 3.12 bits per heavy atom.